The second-order valence-corrected chi connectivity index (χ2v) is 7.29. The molecule has 0 amide bonds. The number of hydrogen-bond acceptors (Lipinski definition) is 4. The van der Waals surface area contributed by atoms with Crippen molar-refractivity contribution in [2.75, 3.05) is 26.2 Å². The van der Waals surface area contributed by atoms with Gasteiger partial charge in [-0.05, 0) is 37.6 Å². The predicted molar refractivity (Wildman–Crippen MR) is 97.6 cm³/mol. The first-order valence-corrected chi connectivity index (χ1v) is 9.37. The summed E-state index contributed by atoms with van der Waals surface area (Å²) in [4.78, 5) is 15.3. The Kier molecular flexibility index (Phi) is 4.72. The van der Waals surface area contributed by atoms with Crippen LogP contribution in [0.15, 0.2) is 35.4 Å². The summed E-state index contributed by atoms with van der Waals surface area (Å²) >= 11 is 0. The second-order valence-electron chi connectivity index (χ2n) is 7.29. The summed E-state index contributed by atoms with van der Waals surface area (Å²) in [6, 6.07) is 6.18. The number of pyridine rings is 1. The largest absolute Gasteiger partial charge is 0.316 e. The summed E-state index contributed by atoms with van der Waals surface area (Å²) in [5, 5.41) is 7.76. The van der Waals surface area contributed by atoms with Crippen LogP contribution in [-0.2, 0) is 19.6 Å². The van der Waals surface area contributed by atoms with Gasteiger partial charge in [0.1, 0.15) is 0 Å². The Balaban J connectivity index is 1.50. The average molecular weight is 341 g/mol. The molecule has 0 saturated carbocycles. The smallest absolute Gasteiger partial charge is 0.255 e. The van der Waals surface area contributed by atoms with Crippen molar-refractivity contribution in [3.05, 3.63) is 52.2 Å². The summed E-state index contributed by atoms with van der Waals surface area (Å²) < 4.78 is 3.99. The van der Waals surface area contributed by atoms with E-state index in [9.17, 15) is 4.79 Å². The zero-order valence-electron chi connectivity index (χ0n) is 14.9. The van der Waals surface area contributed by atoms with Gasteiger partial charge in [0.15, 0.2) is 0 Å². The molecule has 1 fully saturated rings. The fraction of sp³-hybridized carbons (Fsp3) is 0.579. The van der Waals surface area contributed by atoms with Crippen molar-refractivity contribution >= 4 is 0 Å². The molecule has 0 unspecified atom stereocenters. The standard InChI is InChI=1S/C19H27N5O/c1-2-22(8-9-23-7-3-6-21-23)14-16-4-5-18-17-10-15(11-20-12-17)13-24(18)19(16)25/h3-7,15,17,20H,2,8-14H2,1H3/t15-,17+/m0/s1. The molecule has 2 aliphatic rings. The lowest BCUT2D eigenvalue weighted by molar-refractivity contribution is 0.248. The van der Waals surface area contributed by atoms with E-state index in [0.717, 1.165) is 44.8 Å². The molecular formula is C19H27N5O. The second kappa shape index (κ2) is 7.14. The molecule has 2 aromatic rings. The molecule has 6 nitrogen and oxygen atoms in total. The number of nitrogens with zero attached hydrogens (tertiary/aromatic N) is 4. The van der Waals surface area contributed by atoms with Crippen LogP contribution in [0, 0.1) is 5.92 Å². The molecule has 1 N–H and O–H groups in total. The number of nitrogens with one attached hydrogen (secondary N) is 1. The van der Waals surface area contributed by atoms with E-state index in [-0.39, 0.29) is 5.56 Å². The summed E-state index contributed by atoms with van der Waals surface area (Å²) in [7, 11) is 0. The maximum atomic E-state index is 13.0. The fourth-order valence-corrected chi connectivity index (χ4v) is 4.22. The Labute approximate surface area is 148 Å². The molecule has 2 aromatic heterocycles. The van der Waals surface area contributed by atoms with Gasteiger partial charge < -0.3 is 9.88 Å². The summed E-state index contributed by atoms with van der Waals surface area (Å²) in [5.41, 5.74) is 2.35. The SMILES string of the molecule is CCN(CCn1cccn1)Cc1ccc2n(c1=O)C[C@@H]1CNC[C@H]2C1. The molecule has 2 aliphatic heterocycles. The van der Waals surface area contributed by atoms with Crippen LogP contribution in [0.3, 0.4) is 0 Å². The zero-order valence-corrected chi connectivity index (χ0v) is 14.9. The van der Waals surface area contributed by atoms with Crippen molar-refractivity contribution in [1.82, 2.24) is 24.6 Å². The van der Waals surface area contributed by atoms with E-state index < -0.39 is 0 Å². The Bertz CT molecular complexity index is 767. The van der Waals surface area contributed by atoms with Crippen molar-refractivity contribution in [3.63, 3.8) is 0 Å². The van der Waals surface area contributed by atoms with Crippen molar-refractivity contribution in [2.24, 2.45) is 5.92 Å². The molecule has 0 radical (unpaired) electrons. The summed E-state index contributed by atoms with van der Waals surface area (Å²) in [6.45, 7) is 8.44. The van der Waals surface area contributed by atoms with Crippen molar-refractivity contribution in [3.8, 4) is 0 Å². The maximum Gasteiger partial charge on any atom is 0.255 e. The van der Waals surface area contributed by atoms with Gasteiger partial charge in [-0.1, -0.05) is 13.0 Å². The highest BCUT2D eigenvalue weighted by Gasteiger charge is 2.31. The highest BCUT2D eigenvalue weighted by Crippen LogP contribution is 2.31. The van der Waals surface area contributed by atoms with Gasteiger partial charge in [0.25, 0.3) is 5.56 Å². The molecule has 25 heavy (non-hydrogen) atoms. The third-order valence-corrected chi connectivity index (χ3v) is 5.63. The van der Waals surface area contributed by atoms with Crippen LogP contribution in [0.2, 0.25) is 0 Å². The highest BCUT2D eigenvalue weighted by molar-refractivity contribution is 5.22. The Morgan fingerprint density at radius 3 is 3.08 bits per heavy atom. The molecule has 6 heteroatoms. The first-order chi connectivity index (χ1) is 12.2. The first kappa shape index (κ1) is 16.5. The highest BCUT2D eigenvalue weighted by atomic mass is 16.1. The van der Waals surface area contributed by atoms with Crippen LogP contribution in [0.25, 0.3) is 0 Å². The molecule has 0 aliphatic carbocycles. The minimum absolute atomic E-state index is 0.214. The van der Waals surface area contributed by atoms with E-state index in [1.807, 2.05) is 16.9 Å². The van der Waals surface area contributed by atoms with Crippen molar-refractivity contribution in [1.29, 1.82) is 0 Å². The first-order valence-electron chi connectivity index (χ1n) is 9.37. The van der Waals surface area contributed by atoms with Crippen LogP contribution < -0.4 is 10.9 Å². The molecule has 134 valence electrons. The lowest BCUT2D eigenvalue weighted by Gasteiger charge is -2.37. The molecule has 2 bridgehead atoms. The normalized spacial score (nSPS) is 22.2. The number of hydrogen-bond donors (Lipinski definition) is 1. The van der Waals surface area contributed by atoms with Crippen LogP contribution in [0.5, 0.6) is 0 Å². The Morgan fingerprint density at radius 1 is 1.36 bits per heavy atom. The maximum absolute atomic E-state index is 13.0. The molecule has 4 rings (SSSR count). The van der Waals surface area contributed by atoms with Gasteiger partial charge in [0.2, 0.25) is 0 Å². The van der Waals surface area contributed by atoms with Gasteiger partial charge in [-0.2, -0.15) is 5.10 Å². The van der Waals surface area contributed by atoms with Crippen LogP contribution in [-0.4, -0.2) is 45.4 Å². The average Bonchev–Trinajstić information content (AvgIpc) is 3.15. The van der Waals surface area contributed by atoms with Crippen molar-refractivity contribution < 1.29 is 0 Å². The van der Waals surface area contributed by atoms with E-state index in [1.165, 1.54) is 12.1 Å². The third-order valence-electron chi connectivity index (χ3n) is 5.63. The van der Waals surface area contributed by atoms with E-state index in [2.05, 4.69) is 38.9 Å². The van der Waals surface area contributed by atoms with Gasteiger partial charge in [-0.15, -0.1) is 0 Å². The topological polar surface area (TPSA) is 55.1 Å². The van der Waals surface area contributed by atoms with Crippen LogP contribution in [0.4, 0.5) is 0 Å². The Morgan fingerprint density at radius 2 is 2.28 bits per heavy atom. The number of likely N-dealkylation sites (N-methyl/N-ethyl adjacent to an activating group) is 1. The molecule has 1 saturated heterocycles. The predicted octanol–water partition coefficient (Wildman–Crippen LogP) is 1.27. The van der Waals surface area contributed by atoms with Crippen molar-refractivity contribution in [2.45, 2.75) is 38.9 Å². The van der Waals surface area contributed by atoms with Gasteiger partial charge in [0.05, 0.1) is 6.54 Å². The minimum Gasteiger partial charge on any atom is -0.316 e. The van der Waals surface area contributed by atoms with Crippen LogP contribution in [0.1, 0.15) is 30.5 Å². The fourth-order valence-electron chi connectivity index (χ4n) is 4.22. The number of fused-ring (bicyclic) bond motifs is 4. The number of rotatable bonds is 6. The molecule has 0 aromatic carbocycles. The van der Waals surface area contributed by atoms with E-state index in [0.29, 0.717) is 18.4 Å². The molecule has 2 atom stereocenters. The molecular weight excluding hydrogens is 314 g/mol. The molecule has 4 heterocycles. The van der Waals surface area contributed by atoms with E-state index >= 15 is 0 Å². The summed E-state index contributed by atoms with van der Waals surface area (Å²) in [5.74, 6) is 1.10. The van der Waals surface area contributed by atoms with Gasteiger partial charge in [-0.25, -0.2) is 0 Å². The van der Waals surface area contributed by atoms with E-state index in [1.54, 1.807) is 6.20 Å². The monoisotopic (exact) mass is 341 g/mol. The minimum atomic E-state index is 0.214. The lowest BCUT2D eigenvalue weighted by atomic mass is 9.84. The zero-order chi connectivity index (χ0) is 17.2. The quantitative estimate of drug-likeness (QED) is 0.860. The number of piperidine rings is 1. The van der Waals surface area contributed by atoms with Gasteiger partial charge >= 0.3 is 0 Å². The van der Waals surface area contributed by atoms with E-state index in [4.69, 9.17) is 0 Å². The molecule has 0 spiro atoms. The summed E-state index contributed by atoms with van der Waals surface area (Å²) in [6.07, 6.45) is 5.00. The van der Waals surface area contributed by atoms with Gasteiger partial charge in [0, 0.05) is 55.7 Å². The van der Waals surface area contributed by atoms with Crippen LogP contribution >= 0.6 is 0 Å². The Hall–Kier alpha value is -1.92. The lowest BCUT2D eigenvalue weighted by Crippen LogP contribution is -2.45. The third kappa shape index (κ3) is 3.41. The number of aromatic nitrogens is 3. The van der Waals surface area contributed by atoms with Gasteiger partial charge in [-0.3, -0.25) is 14.4 Å².